The summed E-state index contributed by atoms with van der Waals surface area (Å²) in [6, 6.07) is 16.9. The minimum atomic E-state index is -1.06. The Morgan fingerprint density at radius 3 is 2.07 bits per heavy atom. The van der Waals surface area contributed by atoms with Gasteiger partial charge >= 0.3 is 11.6 Å². The molecule has 16 nitrogen and oxygen atoms in total. The lowest BCUT2D eigenvalue weighted by atomic mass is 9.93. The van der Waals surface area contributed by atoms with Gasteiger partial charge in [0.25, 0.3) is 0 Å². The summed E-state index contributed by atoms with van der Waals surface area (Å²) >= 11 is 0. The summed E-state index contributed by atoms with van der Waals surface area (Å²) in [6.45, 7) is 3.90. The number of carbonyl (C=O) groups excluding carboxylic acids is 1. The van der Waals surface area contributed by atoms with Crippen molar-refractivity contribution in [3.05, 3.63) is 112 Å². The van der Waals surface area contributed by atoms with Crippen LogP contribution in [0, 0.1) is 0 Å². The molecule has 2 atom stereocenters. The summed E-state index contributed by atoms with van der Waals surface area (Å²) in [5, 5.41) is 68.8. The Kier molecular flexibility index (Phi) is 10.9. The summed E-state index contributed by atoms with van der Waals surface area (Å²) in [4.78, 5) is 25.6. The summed E-state index contributed by atoms with van der Waals surface area (Å²) in [5.41, 5.74) is 1.43. The smallest absolute Gasteiger partial charge is 0.347 e. The lowest BCUT2D eigenvalue weighted by Gasteiger charge is -2.34. The van der Waals surface area contributed by atoms with Crippen LogP contribution in [0.4, 0.5) is 0 Å². The lowest BCUT2D eigenvalue weighted by molar-refractivity contribution is -0.0189. The van der Waals surface area contributed by atoms with E-state index < -0.39 is 52.4 Å². The van der Waals surface area contributed by atoms with Crippen molar-refractivity contribution >= 4 is 23.0 Å². The molecule has 8 rings (SSSR count). The van der Waals surface area contributed by atoms with Crippen LogP contribution in [0.25, 0.3) is 28.2 Å². The fourth-order valence-electron chi connectivity index (χ4n) is 7.04. The Hall–Kier alpha value is -7.88. The lowest BCUT2D eigenvalue weighted by Crippen LogP contribution is -2.34. The van der Waals surface area contributed by atoms with Crippen LogP contribution in [-0.4, -0.2) is 74.7 Å². The monoisotopic (exact) mass is 836 g/mol. The topological polar surface area (TPSA) is 244 Å². The van der Waals surface area contributed by atoms with Crippen molar-refractivity contribution in [2.45, 2.75) is 38.1 Å². The first kappa shape index (κ1) is 41.3. The fourth-order valence-corrected chi connectivity index (χ4v) is 7.04. The Morgan fingerprint density at radius 2 is 1.43 bits per heavy atom. The maximum absolute atomic E-state index is 12.9. The van der Waals surface area contributed by atoms with Gasteiger partial charge in [0, 0.05) is 35.7 Å². The van der Waals surface area contributed by atoms with Crippen molar-refractivity contribution in [3.63, 3.8) is 0 Å². The number of hydrogen-bond donors (Lipinski definition) is 7. The van der Waals surface area contributed by atoms with Gasteiger partial charge in [0.2, 0.25) is 0 Å². The van der Waals surface area contributed by atoms with E-state index in [2.05, 4.69) is 0 Å². The van der Waals surface area contributed by atoms with Crippen LogP contribution < -0.4 is 29.3 Å². The molecule has 0 aliphatic carbocycles. The van der Waals surface area contributed by atoms with E-state index in [1.165, 1.54) is 31.4 Å². The molecule has 7 N–H and O–H groups in total. The molecule has 5 aromatic carbocycles. The zero-order chi connectivity index (χ0) is 43.9. The highest BCUT2D eigenvalue weighted by Crippen LogP contribution is 2.48. The molecule has 0 radical (unpaired) electrons. The number of aromatic hydroxyl groups is 7. The minimum absolute atomic E-state index is 0.0461. The average molecular weight is 837 g/mol. The molecule has 0 fully saturated rings. The Bertz CT molecular complexity index is 2750. The number of benzene rings is 5. The Labute approximate surface area is 346 Å². The second kappa shape index (κ2) is 16.1. The number of methoxy groups -OCH3 is 3. The molecule has 3 heterocycles. The molecule has 0 saturated carbocycles. The summed E-state index contributed by atoms with van der Waals surface area (Å²) in [6.07, 6.45) is 1.79. The number of ether oxygens (including phenoxy) is 6. The van der Waals surface area contributed by atoms with Gasteiger partial charge in [-0.3, -0.25) is 0 Å². The minimum Gasteiger partial charge on any atom is -0.508 e. The van der Waals surface area contributed by atoms with E-state index in [4.69, 9.17) is 32.8 Å². The number of phenols is 7. The van der Waals surface area contributed by atoms with E-state index in [1.807, 2.05) is 26.0 Å². The molecule has 0 spiro atoms. The molecule has 61 heavy (non-hydrogen) atoms. The quantitative estimate of drug-likeness (QED) is 0.0477. The number of carbonyl (C=O) groups is 1. The van der Waals surface area contributed by atoms with Crippen LogP contribution in [0.5, 0.6) is 69.0 Å². The van der Waals surface area contributed by atoms with E-state index >= 15 is 0 Å². The van der Waals surface area contributed by atoms with Gasteiger partial charge in [-0.25, -0.2) is 9.59 Å². The molecular formula is C45H40O16. The van der Waals surface area contributed by atoms with Crippen LogP contribution in [0.2, 0.25) is 0 Å². The second-order valence-corrected chi connectivity index (χ2v) is 14.5. The summed E-state index contributed by atoms with van der Waals surface area (Å²) in [7, 11) is 4.68. The number of fused-ring (bicyclic) bond motifs is 3. The molecule has 2 aliphatic heterocycles. The third-order valence-corrected chi connectivity index (χ3v) is 9.98. The maximum Gasteiger partial charge on any atom is 0.347 e. The SMILES string of the molecule is COc1ccc(-c2c(OC)c3c(OC)c4c(cc3oc2=O)OC(C)(C)C=C4)cc1.O=C(OC1Cc2c(O)cc(O)cc2OC1c1ccc(O)c(O)c1)c1cc(O)c(O)c(O)c1. The van der Waals surface area contributed by atoms with E-state index in [0.717, 1.165) is 23.8 Å². The predicted octanol–water partition coefficient (Wildman–Crippen LogP) is 7.20. The van der Waals surface area contributed by atoms with Gasteiger partial charge in [-0.15, -0.1) is 0 Å². The zero-order valence-electron chi connectivity index (χ0n) is 33.2. The van der Waals surface area contributed by atoms with Crippen LogP contribution in [0.3, 0.4) is 0 Å². The van der Waals surface area contributed by atoms with Gasteiger partial charge in [0.15, 0.2) is 34.9 Å². The van der Waals surface area contributed by atoms with Crippen molar-refractivity contribution in [3.8, 4) is 80.1 Å². The molecule has 0 saturated heterocycles. The number of esters is 1. The molecule has 1 aromatic heterocycles. The molecule has 0 bridgehead atoms. The highest BCUT2D eigenvalue weighted by atomic mass is 16.6. The molecule has 2 aliphatic rings. The van der Waals surface area contributed by atoms with Gasteiger partial charge in [-0.05, 0) is 68.0 Å². The first-order chi connectivity index (χ1) is 29.0. The van der Waals surface area contributed by atoms with Gasteiger partial charge in [-0.2, -0.15) is 0 Å². The van der Waals surface area contributed by atoms with E-state index in [0.29, 0.717) is 50.7 Å². The third-order valence-electron chi connectivity index (χ3n) is 9.98. The number of phenolic OH excluding ortho intramolecular Hbond substituents is 7. The van der Waals surface area contributed by atoms with E-state index in [9.17, 15) is 45.3 Å². The van der Waals surface area contributed by atoms with E-state index in [-0.39, 0.29) is 40.5 Å². The highest BCUT2D eigenvalue weighted by Gasteiger charge is 2.37. The summed E-state index contributed by atoms with van der Waals surface area (Å²) in [5.74, 6) is -2.24. The molecule has 16 heteroatoms. The first-order valence-electron chi connectivity index (χ1n) is 18.5. The van der Waals surface area contributed by atoms with Crippen molar-refractivity contribution in [1.29, 1.82) is 0 Å². The second-order valence-electron chi connectivity index (χ2n) is 14.5. The molecule has 2 unspecified atom stereocenters. The van der Waals surface area contributed by atoms with Crippen LogP contribution in [0.1, 0.15) is 47.0 Å². The number of hydrogen-bond acceptors (Lipinski definition) is 16. The predicted molar refractivity (Wildman–Crippen MR) is 219 cm³/mol. The number of rotatable bonds is 7. The zero-order valence-corrected chi connectivity index (χ0v) is 33.2. The van der Waals surface area contributed by atoms with Gasteiger partial charge in [0.1, 0.15) is 68.5 Å². The molecule has 316 valence electrons. The van der Waals surface area contributed by atoms with Crippen molar-refractivity contribution in [2.75, 3.05) is 21.3 Å². The largest absolute Gasteiger partial charge is 0.508 e. The van der Waals surface area contributed by atoms with Crippen LogP contribution in [-0.2, 0) is 11.2 Å². The Morgan fingerprint density at radius 1 is 0.738 bits per heavy atom. The van der Waals surface area contributed by atoms with E-state index in [1.54, 1.807) is 44.6 Å². The van der Waals surface area contributed by atoms with Crippen LogP contribution >= 0.6 is 0 Å². The molecular weight excluding hydrogens is 796 g/mol. The summed E-state index contributed by atoms with van der Waals surface area (Å²) < 4.78 is 39.7. The van der Waals surface area contributed by atoms with Crippen molar-refractivity contribution in [1.82, 2.24) is 0 Å². The van der Waals surface area contributed by atoms with Crippen LogP contribution in [0.15, 0.2) is 88.1 Å². The normalized spacial score (nSPS) is 15.8. The molecule has 6 aromatic rings. The average Bonchev–Trinajstić information content (AvgIpc) is 3.22. The molecule has 0 amide bonds. The van der Waals surface area contributed by atoms with Gasteiger partial charge in [0.05, 0.1) is 32.5 Å². The third kappa shape index (κ3) is 7.98. The van der Waals surface area contributed by atoms with Gasteiger partial charge in [-0.1, -0.05) is 18.2 Å². The Balaban J connectivity index is 0.000000185. The standard InChI is InChI=1S/C23H22O6.C22H18O10/c1-23(2)11-10-15-16(29-23)12-17-19(20(15)26-4)21(27-5)18(22(24)28-17)13-6-8-14(25-3)9-7-13;23-11-6-14(25)12-8-19(32-22(30)10-4-16(27)20(29)17(28)5-10)21(31-18(12)7-11)9-1-2-13(24)15(26)3-9/h6-12H,1-5H3;1-7,19,21,23-29H,8H2. The van der Waals surface area contributed by atoms with Crippen molar-refractivity contribution in [2.24, 2.45) is 0 Å². The van der Waals surface area contributed by atoms with Gasteiger partial charge < -0.3 is 68.6 Å². The highest BCUT2D eigenvalue weighted by molar-refractivity contribution is 5.99. The maximum atomic E-state index is 12.9. The first-order valence-corrected chi connectivity index (χ1v) is 18.5. The fraction of sp³-hybridized carbons (Fsp3) is 0.200. The van der Waals surface area contributed by atoms with Crippen molar-refractivity contribution < 1.29 is 73.4 Å².